The maximum Gasteiger partial charge on any atom is 0.449 e. The third-order valence-corrected chi connectivity index (χ3v) is 9.70. The Labute approximate surface area is 253 Å². The Morgan fingerprint density at radius 2 is 1.26 bits per heavy atom. The number of fused-ring (bicyclic) bond motifs is 1. The Balaban J connectivity index is 2.02. The van der Waals surface area contributed by atoms with Gasteiger partial charge >= 0.3 is 17.9 Å². The number of alkyl halides is 3. The van der Waals surface area contributed by atoms with Crippen molar-refractivity contribution in [1.29, 1.82) is 0 Å². The van der Waals surface area contributed by atoms with Gasteiger partial charge < -0.3 is 4.74 Å². The molecule has 3 aromatic carbocycles. The quantitative estimate of drug-likeness (QED) is 0.277. The molecule has 0 N–H and O–H groups in total. The van der Waals surface area contributed by atoms with E-state index in [9.17, 15) is 13.2 Å². The van der Waals surface area contributed by atoms with E-state index in [0.717, 1.165) is 11.1 Å². The summed E-state index contributed by atoms with van der Waals surface area (Å²) in [6.45, 7) is 16.4. The molecule has 0 spiro atoms. The van der Waals surface area contributed by atoms with E-state index in [1.54, 1.807) is 18.2 Å². The van der Waals surface area contributed by atoms with E-state index in [0.29, 0.717) is 11.1 Å². The molecule has 0 bridgehead atoms. The van der Waals surface area contributed by atoms with E-state index < -0.39 is 61.1 Å². The van der Waals surface area contributed by atoms with Crippen LogP contribution in [-0.2, 0) is 43.3 Å². The number of ether oxygens (including phenoxy) is 1. The van der Waals surface area contributed by atoms with Crippen LogP contribution in [0.1, 0.15) is 100 Å². The Morgan fingerprint density at radius 1 is 0.744 bits per heavy atom. The summed E-state index contributed by atoms with van der Waals surface area (Å²) in [5.41, 5.74) is -3.53. The van der Waals surface area contributed by atoms with Crippen molar-refractivity contribution in [2.75, 3.05) is 0 Å². The van der Waals surface area contributed by atoms with Gasteiger partial charge in [0, 0.05) is 12.1 Å². The summed E-state index contributed by atoms with van der Waals surface area (Å²) < 4.78 is 80.7. The highest BCUT2D eigenvalue weighted by molar-refractivity contribution is 7.89. The molecule has 0 fully saturated rings. The number of nitrogens with zero attached hydrogens (tertiary/aromatic N) is 1. The van der Waals surface area contributed by atoms with E-state index in [-0.39, 0.29) is 9.87 Å². The molecule has 0 aromatic heterocycles. The number of carbonyl (C=O) groups is 1. The van der Waals surface area contributed by atoms with Crippen molar-refractivity contribution >= 4 is 16.0 Å². The van der Waals surface area contributed by atoms with Gasteiger partial charge in [0.15, 0.2) is 0 Å². The number of esters is 1. The molecule has 0 aliphatic carbocycles. The topological polar surface area (TPSA) is 63.7 Å². The second-order valence-electron chi connectivity index (χ2n) is 14.3. The summed E-state index contributed by atoms with van der Waals surface area (Å²) in [6.07, 6.45) is -5.33. The molecule has 0 unspecified atom stereocenters. The summed E-state index contributed by atoms with van der Waals surface area (Å²) in [7, 11) is -4.75. The van der Waals surface area contributed by atoms with Gasteiger partial charge in [-0.25, -0.2) is 13.2 Å². The minimum absolute atomic E-state index is 0.0848. The first-order valence-corrected chi connectivity index (χ1v) is 15.6. The van der Waals surface area contributed by atoms with Crippen LogP contribution < -0.4 is 0 Å². The lowest BCUT2D eigenvalue weighted by molar-refractivity contribution is -0.303. The maximum atomic E-state index is 15.6. The third kappa shape index (κ3) is 5.98. The number of sulfonamides is 1. The van der Waals surface area contributed by atoms with E-state index in [1.807, 2.05) is 68.4 Å². The zero-order chi connectivity index (χ0) is 32.4. The van der Waals surface area contributed by atoms with Crippen molar-refractivity contribution < 1.29 is 31.1 Å². The van der Waals surface area contributed by atoms with Crippen LogP contribution in [0, 0.1) is 0 Å². The molecule has 0 saturated carbocycles. The maximum absolute atomic E-state index is 15.6. The molecule has 9 heteroatoms. The van der Waals surface area contributed by atoms with Crippen LogP contribution in [0.4, 0.5) is 13.2 Å². The molecule has 43 heavy (non-hydrogen) atoms. The fourth-order valence-electron chi connectivity index (χ4n) is 5.12. The van der Waals surface area contributed by atoms with Gasteiger partial charge in [0.25, 0.3) is 0 Å². The zero-order valence-corrected chi connectivity index (χ0v) is 27.0. The van der Waals surface area contributed by atoms with Crippen molar-refractivity contribution in [2.24, 2.45) is 0 Å². The highest BCUT2D eigenvalue weighted by Gasteiger charge is 2.72. The Bertz CT molecular complexity index is 1610. The lowest BCUT2D eigenvalue weighted by Crippen LogP contribution is -2.56. The number of carbonyl (C=O) groups excluding carboxylic acids is 1. The second-order valence-corrected chi connectivity index (χ2v) is 16.1. The summed E-state index contributed by atoms with van der Waals surface area (Å²) in [5, 5.41) is 0. The molecule has 232 valence electrons. The van der Waals surface area contributed by atoms with Crippen LogP contribution in [0.5, 0.6) is 0 Å². The van der Waals surface area contributed by atoms with Crippen molar-refractivity contribution in [3.8, 4) is 0 Å². The van der Waals surface area contributed by atoms with Crippen molar-refractivity contribution in [3.63, 3.8) is 0 Å². The summed E-state index contributed by atoms with van der Waals surface area (Å²) >= 11 is 0. The Hall–Kier alpha value is -3.17. The summed E-state index contributed by atoms with van der Waals surface area (Å²) in [6, 6.07) is 16.8. The second kappa shape index (κ2) is 10.5. The van der Waals surface area contributed by atoms with Gasteiger partial charge in [-0.1, -0.05) is 105 Å². The molecular weight excluding hydrogens is 575 g/mol. The van der Waals surface area contributed by atoms with Gasteiger partial charge in [0.2, 0.25) is 10.0 Å². The number of hydrogen-bond acceptors (Lipinski definition) is 4. The van der Waals surface area contributed by atoms with Gasteiger partial charge in [-0.15, -0.1) is 4.31 Å². The standard InChI is InChI=1S/C34H40F3NO4S/c1-30(2,3)24-15-16-28-27(20-24)33(34(35,36)37,38(43(28,40)41)21-22-13-11-10-12-14-22)42-29(39)23-17-25(31(4,5)6)19-26(18-23)32(7,8)9/h10-20H,21H2,1-9H3/t33-/m1/s1. The van der Waals surface area contributed by atoms with E-state index in [4.69, 9.17) is 4.74 Å². The number of halogens is 3. The van der Waals surface area contributed by atoms with Crippen molar-refractivity contribution in [1.82, 2.24) is 4.31 Å². The molecule has 1 aliphatic heterocycles. The smallest absolute Gasteiger partial charge is 0.425 e. The third-order valence-electron chi connectivity index (χ3n) is 7.82. The van der Waals surface area contributed by atoms with E-state index >= 15 is 13.2 Å². The number of benzene rings is 3. The summed E-state index contributed by atoms with van der Waals surface area (Å²) in [5.74, 6) is -1.27. The van der Waals surface area contributed by atoms with E-state index in [1.165, 1.54) is 42.5 Å². The molecule has 5 nitrogen and oxygen atoms in total. The minimum atomic E-state index is -5.33. The SMILES string of the molecule is CC(C)(C)c1cc(C(=O)O[C@@]2(C(F)(F)F)c3cc(C(C)(C)C)ccc3S(=O)(=O)N2Cc2ccccc2)cc(C(C)(C)C)c1. The molecule has 1 heterocycles. The van der Waals surface area contributed by atoms with Crippen LogP contribution >= 0.6 is 0 Å². The van der Waals surface area contributed by atoms with Crippen LogP contribution in [0.3, 0.4) is 0 Å². The fourth-order valence-corrected chi connectivity index (χ4v) is 6.97. The van der Waals surface area contributed by atoms with Crippen molar-refractivity contribution in [2.45, 2.75) is 102 Å². The largest absolute Gasteiger partial charge is 0.449 e. The number of rotatable bonds is 4. The molecule has 0 saturated heterocycles. The fraction of sp³-hybridized carbons (Fsp3) is 0.441. The first-order valence-electron chi connectivity index (χ1n) is 14.2. The van der Waals surface area contributed by atoms with Crippen LogP contribution in [0.25, 0.3) is 0 Å². The monoisotopic (exact) mass is 615 g/mol. The Kier molecular flexibility index (Phi) is 7.98. The van der Waals surface area contributed by atoms with Gasteiger partial charge in [0.1, 0.15) is 0 Å². The van der Waals surface area contributed by atoms with Gasteiger partial charge in [0.05, 0.1) is 10.5 Å². The van der Waals surface area contributed by atoms with Gasteiger partial charge in [-0.05, 0) is 62.8 Å². The molecule has 0 amide bonds. The minimum Gasteiger partial charge on any atom is -0.425 e. The first kappa shape index (κ1) is 32.7. The van der Waals surface area contributed by atoms with Crippen LogP contribution in [0.15, 0.2) is 71.6 Å². The molecule has 4 rings (SSSR count). The first-order chi connectivity index (χ1) is 19.5. The highest BCUT2D eigenvalue weighted by Crippen LogP contribution is 2.55. The van der Waals surface area contributed by atoms with Crippen LogP contribution in [0.2, 0.25) is 0 Å². The normalized spacial score (nSPS) is 19.3. The average Bonchev–Trinajstić information content (AvgIpc) is 3.06. The van der Waals surface area contributed by atoms with Crippen LogP contribution in [-0.4, -0.2) is 24.9 Å². The van der Waals surface area contributed by atoms with Gasteiger partial charge in [-0.3, -0.25) is 0 Å². The molecule has 1 aliphatic rings. The number of hydrogen-bond donors (Lipinski definition) is 0. The van der Waals surface area contributed by atoms with Crippen molar-refractivity contribution in [3.05, 3.63) is 100 Å². The molecule has 1 atom stereocenters. The highest BCUT2D eigenvalue weighted by atomic mass is 32.2. The molecular formula is C34H40F3NO4S. The zero-order valence-electron chi connectivity index (χ0n) is 26.2. The van der Waals surface area contributed by atoms with Gasteiger partial charge in [-0.2, -0.15) is 13.2 Å². The predicted octanol–water partition coefficient (Wildman–Crippen LogP) is 8.36. The molecule has 0 radical (unpaired) electrons. The lowest BCUT2D eigenvalue weighted by atomic mass is 9.79. The average molecular weight is 616 g/mol. The van der Waals surface area contributed by atoms with E-state index in [2.05, 4.69) is 0 Å². The lowest BCUT2D eigenvalue weighted by Gasteiger charge is -2.38. The predicted molar refractivity (Wildman–Crippen MR) is 161 cm³/mol. The Morgan fingerprint density at radius 3 is 1.72 bits per heavy atom. The molecule has 3 aromatic rings. The summed E-state index contributed by atoms with van der Waals surface area (Å²) in [4.78, 5) is 13.4.